The van der Waals surface area contributed by atoms with Gasteiger partial charge in [-0.15, -0.1) is 0 Å². The van der Waals surface area contributed by atoms with Crippen LogP contribution in [-0.4, -0.2) is 52.1 Å². The Labute approximate surface area is 202 Å². The predicted molar refractivity (Wildman–Crippen MR) is 125 cm³/mol. The van der Waals surface area contributed by atoms with E-state index >= 15 is 0 Å². The van der Waals surface area contributed by atoms with Crippen molar-refractivity contribution in [2.75, 3.05) is 11.9 Å². The lowest BCUT2D eigenvalue weighted by atomic mass is 9.77. The first-order valence-electron chi connectivity index (χ1n) is 12.2. The monoisotopic (exact) mass is 476 g/mol. The number of likely N-dealkylation sites (tertiary alicyclic amines) is 1. The molecule has 2 saturated heterocycles. The van der Waals surface area contributed by atoms with Crippen molar-refractivity contribution in [1.29, 1.82) is 0 Å². The number of benzene rings is 1. The zero-order valence-corrected chi connectivity index (χ0v) is 19.5. The number of nitrogens with zero attached hydrogens (tertiary/aromatic N) is 2. The van der Waals surface area contributed by atoms with Crippen molar-refractivity contribution < 1.29 is 23.6 Å². The number of aromatic nitrogens is 1. The van der Waals surface area contributed by atoms with Crippen molar-refractivity contribution in [2.24, 2.45) is 11.8 Å². The number of hydrogen-bond donors (Lipinski definition) is 2. The largest absolute Gasteiger partial charge is 0.360 e. The molecule has 1 aromatic heterocycles. The first-order valence-corrected chi connectivity index (χ1v) is 12.2. The van der Waals surface area contributed by atoms with E-state index < -0.39 is 29.6 Å². The summed E-state index contributed by atoms with van der Waals surface area (Å²) in [5.41, 5.74) is -0.185. The van der Waals surface area contributed by atoms with Gasteiger partial charge < -0.3 is 24.8 Å². The molecular weight excluding hydrogens is 448 g/mol. The third-order valence-corrected chi connectivity index (χ3v) is 7.69. The van der Waals surface area contributed by atoms with Crippen molar-refractivity contribution in [3.8, 4) is 0 Å². The average molecular weight is 477 g/mol. The van der Waals surface area contributed by atoms with E-state index in [-0.39, 0.29) is 30.3 Å². The molecular formula is C26H28N4O5. The van der Waals surface area contributed by atoms with Crippen LogP contribution in [0.25, 0.3) is 0 Å². The second-order valence-corrected chi connectivity index (χ2v) is 9.98. The Morgan fingerprint density at radius 3 is 2.69 bits per heavy atom. The summed E-state index contributed by atoms with van der Waals surface area (Å²) in [6, 6.07) is 10.3. The van der Waals surface area contributed by atoms with E-state index in [0.29, 0.717) is 11.6 Å². The van der Waals surface area contributed by atoms with E-state index in [1.165, 1.54) is 0 Å². The molecule has 2 aromatic rings. The highest BCUT2D eigenvalue weighted by Gasteiger charge is 2.68. The number of fused-ring (bicyclic) bond motifs is 1. The van der Waals surface area contributed by atoms with Gasteiger partial charge in [-0.05, 0) is 25.3 Å². The van der Waals surface area contributed by atoms with Gasteiger partial charge in [-0.25, -0.2) is 0 Å². The van der Waals surface area contributed by atoms with E-state index in [9.17, 15) is 14.4 Å². The topological polar surface area (TPSA) is 114 Å². The molecule has 0 unspecified atom stereocenters. The highest BCUT2D eigenvalue weighted by molar-refractivity contribution is 6.00. The molecule has 1 aromatic carbocycles. The summed E-state index contributed by atoms with van der Waals surface area (Å²) < 4.78 is 11.3. The quantitative estimate of drug-likeness (QED) is 0.620. The number of carbonyl (C=O) groups is 3. The Kier molecular flexibility index (Phi) is 5.25. The average Bonchev–Trinajstić information content (AvgIpc) is 3.66. The SMILES string of the molecule is Cc1cc(NC(=O)[C@@H]2[C@@H]3C=C[C@]4(CN([C@H](C(=O)NC5CCCC5)c5ccccc5)C(=O)[C@H]24)O3)no1. The molecule has 3 amide bonds. The maximum Gasteiger partial charge on any atom is 0.247 e. The number of ether oxygens (including phenoxy) is 1. The Bertz CT molecular complexity index is 1190. The first-order chi connectivity index (χ1) is 16.9. The summed E-state index contributed by atoms with van der Waals surface area (Å²) in [5.74, 6) is -1.34. The molecule has 4 aliphatic rings. The zero-order valence-electron chi connectivity index (χ0n) is 19.5. The van der Waals surface area contributed by atoms with Crippen LogP contribution in [0.3, 0.4) is 0 Å². The van der Waals surface area contributed by atoms with Gasteiger partial charge in [0.05, 0.1) is 24.5 Å². The number of rotatable bonds is 6. The summed E-state index contributed by atoms with van der Waals surface area (Å²) in [6.07, 6.45) is 7.33. The molecule has 0 radical (unpaired) electrons. The summed E-state index contributed by atoms with van der Waals surface area (Å²) in [6.45, 7) is 1.95. The van der Waals surface area contributed by atoms with Gasteiger partial charge in [-0.2, -0.15) is 0 Å². The van der Waals surface area contributed by atoms with Crippen molar-refractivity contribution in [1.82, 2.24) is 15.4 Å². The van der Waals surface area contributed by atoms with Crippen LogP contribution in [0.1, 0.15) is 43.0 Å². The number of aryl methyl sites for hydroxylation is 1. The standard InChI is InChI=1S/C26H28N4O5/c1-15-13-19(29-35-15)28-23(31)20-18-11-12-26(34-18)14-30(25(33)21(20)26)22(16-7-3-2-4-8-16)24(32)27-17-9-5-6-10-17/h2-4,7-8,11-13,17-18,20-22H,5-6,9-10,14H2,1H3,(H,27,32)(H,28,29,31)/t18-,20+,21-,22-,26+/m0/s1. The van der Waals surface area contributed by atoms with E-state index in [2.05, 4.69) is 15.8 Å². The third-order valence-electron chi connectivity index (χ3n) is 7.69. The van der Waals surface area contributed by atoms with E-state index in [0.717, 1.165) is 31.2 Å². The van der Waals surface area contributed by atoms with Gasteiger partial charge >= 0.3 is 0 Å². The molecule has 1 aliphatic carbocycles. The zero-order chi connectivity index (χ0) is 24.2. The van der Waals surface area contributed by atoms with Crippen molar-refractivity contribution in [2.45, 2.75) is 56.4 Å². The Morgan fingerprint density at radius 1 is 1.20 bits per heavy atom. The predicted octanol–water partition coefficient (Wildman–Crippen LogP) is 2.50. The van der Waals surface area contributed by atoms with E-state index in [4.69, 9.17) is 9.26 Å². The normalized spacial score (nSPS) is 30.0. The molecule has 9 nitrogen and oxygen atoms in total. The molecule has 182 valence electrons. The molecule has 35 heavy (non-hydrogen) atoms. The fourth-order valence-electron chi connectivity index (χ4n) is 6.14. The van der Waals surface area contributed by atoms with Gasteiger partial charge in [0.25, 0.3) is 0 Å². The molecule has 1 saturated carbocycles. The molecule has 9 heteroatoms. The fraction of sp³-hybridized carbons (Fsp3) is 0.462. The smallest absolute Gasteiger partial charge is 0.247 e. The Balaban J connectivity index is 1.29. The van der Waals surface area contributed by atoms with Gasteiger partial charge in [-0.1, -0.05) is 60.5 Å². The summed E-state index contributed by atoms with van der Waals surface area (Å²) in [7, 11) is 0. The molecule has 3 aliphatic heterocycles. The maximum absolute atomic E-state index is 13.9. The minimum absolute atomic E-state index is 0.125. The molecule has 6 rings (SSSR count). The lowest BCUT2D eigenvalue weighted by Crippen LogP contribution is -2.46. The third kappa shape index (κ3) is 3.65. The summed E-state index contributed by atoms with van der Waals surface area (Å²) in [4.78, 5) is 42.3. The second-order valence-electron chi connectivity index (χ2n) is 9.98. The number of amides is 3. The highest BCUT2D eigenvalue weighted by Crippen LogP contribution is 2.53. The molecule has 3 fully saturated rings. The highest BCUT2D eigenvalue weighted by atomic mass is 16.5. The summed E-state index contributed by atoms with van der Waals surface area (Å²) in [5, 5.41) is 9.75. The fourth-order valence-corrected chi connectivity index (χ4v) is 6.14. The first kappa shape index (κ1) is 22.0. The van der Waals surface area contributed by atoms with Gasteiger partial charge in [0.1, 0.15) is 17.4 Å². The van der Waals surface area contributed by atoms with Crippen LogP contribution in [0, 0.1) is 18.8 Å². The number of carbonyl (C=O) groups excluding carboxylic acids is 3. The molecule has 1 spiro atoms. The van der Waals surface area contributed by atoms with E-state index in [1.54, 1.807) is 17.9 Å². The molecule has 4 heterocycles. The molecule has 5 atom stereocenters. The Morgan fingerprint density at radius 2 is 1.97 bits per heavy atom. The van der Waals surface area contributed by atoms with Crippen LogP contribution in [-0.2, 0) is 19.1 Å². The maximum atomic E-state index is 13.9. The van der Waals surface area contributed by atoms with Crippen LogP contribution in [0.4, 0.5) is 5.82 Å². The van der Waals surface area contributed by atoms with Crippen LogP contribution >= 0.6 is 0 Å². The van der Waals surface area contributed by atoms with Crippen LogP contribution in [0.2, 0.25) is 0 Å². The molecule has 2 N–H and O–H groups in total. The number of hydrogen-bond acceptors (Lipinski definition) is 6. The van der Waals surface area contributed by atoms with Gasteiger partial charge in [0.2, 0.25) is 17.7 Å². The number of nitrogens with one attached hydrogen (secondary N) is 2. The molecule has 2 bridgehead atoms. The Hall–Kier alpha value is -3.46. The lowest BCUT2D eigenvalue weighted by Gasteiger charge is -2.30. The van der Waals surface area contributed by atoms with Crippen molar-refractivity contribution in [3.63, 3.8) is 0 Å². The van der Waals surface area contributed by atoms with Crippen molar-refractivity contribution >= 4 is 23.5 Å². The lowest BCUT2D eigenvalue weighted by molar-refractivity contribution is -0.142. The van der Waals surface area contributed by atoms with Crippen molar-refractivity contribution in [3.05, 3.63) is 59.9 Å². The minimum atomic E-state index is -0.926. The van der Waals surface area contributed by atoms with Crippen LogP contribution in [0.15, 0.2) is 53.1 Å². The van der Waals surface area contributed by atoms with Crippen LogP contribution in [0.5, 0.6) is 0 Å². The minimum Gasteiger partial charge on any atom is -0.360 e. The summed E-state index contributed by atoms with van der Waals surface area (Å²) >= 11 is 0. The van der Waals surface area contributed by atoms with Gasteiger partial charge in [0.15, 0.2) is 5.82 Å². The van der Waals surface area contributed by atoms with Crippen LogP contribution < -0.4 is 10.6 Å². The second kappa shape index (κ2) is 8.34. The van der Waals surface area contributed by atoms with Gasteiger partial charge in [0, 0.05) is 12.1 Å². The number of anilines is 1. The van der Waals surface area contributed by atoms with E-state index in [1.807, 2.05) is 42.5 Å². The van der Waals surface area contributed by atoms with Gasteiger partial charge in [-0.3, -0.25) is 14.4 Å².